The molecule has 0 saturated carbocycles. The minimum atomic E-state index is 0. The Balaban J connectivity index is 0.00000210. The molecule has 0 atom stereocenters. The molecule has 2 aromatic heterocycles. The van der Waals surface area contributed by atoms with Crippen molar-refractivity contribution in [3.63, 3.8) is 0 Å². The number of nitrogens with zero attached hydrogens (tertiary/aromatic N) is 1. The SMILES string of the molecule is COc1cc2cc[n+]3cc4c(OC)c(OC)ccc4cc3c2cc1OC.[Cl-]. The lowest BCUT2D eigenvalue weighted by atomic mass is 10.1. The fourth-order valence-corrected chi connectivity index (χ4v) is 3.41. The van der Waals surface area contributed by atoms with Crippen LogP contribution in [0.15, 0.2) is 48.8 Å². The zero-order chi connectivity index (χ0) is 18.3. The summed E-state index contributed by atoms with van der Waals surface area (Å²) in [4.78, 5) is 0. The second kappa shape index (κ2) is 7.37. The Hall–Kier alpha value is -2.92. The number of halogens is 1. The summed E-state index contributed by atoms with van der Waals surface area (Å²) < 4.78 is 24.0. The molecule has 27 heavy (non-hydrogen) atoms. The van der Waals surface area contributed by atoms with Crippen molar-refractivity contribution in [1.82, 2.24) is 0 Å². The highest BCUT2D eigenvalue weighted by atomic mass is 35.5. The third-order valence-corrected chi connectivity index (χ3v) is 4.70. The van der Waals surface area contributed by atoms with Gasteiger partial charge in [-0.2, -0.15) is 4.40 Å². The predicted molar refractivity (Wildman–Crippen MR) is 101 cm³/mol. The second-order valence-corrected chi connectivity index (χ2v) is 5.98. The van der Waals surface area contributed by atoms with Crippen LogP contribution in [-0.4, -0.2) is 28.4 Å². The first-order valence-corrected chi connectivity index (χ1v) is 8.24. The van der Waals surface area contributed by atoms with Gasteiger partial charge in [-0.15, -0.1) is 0 Å². The van der Waals surface area contributed by atoms with Gasteiger partial charge in [0, 0.05) is 12.1 Å². The normalized spacial score (nSPS) is 10.7. The molecule has 0 radical (unpaired) electrons. The van der Waals surface area contributed by atoms with Crippen molar-refractivity contribution >= 4 is 27.1 Å². The Morgan fingerprint density at radius 2 is 1.33 bits per heavy atom. The molecule has 4 rings (SSSR count). The van der Waals surface area contributed by atoms with E-state index in [9.17, 15) is 0 Å². The van der Waals surface area contributed by atoms with Crippen molar-refractivity contribution in [3.8, 4) is 23.0 Å². The summed E-state index contributed by atoms with van der Waals surface area (Å²) in [6, 6.07) is 12.2. The minimum absolute atomic E-state index is 0. The van der Waals surface area contributed by atoms with Crippen molar-refractivity contribution in [2.24, 2.45) is 0 Å². The molecule has 0 aliphatic carbocycles. The van der Waals surface area contributed by atoms with Gasteiger partial charge in [-0.05, 0) is 35.0 Å². The maximum atomic E-state index is 5.58. The van der Waals surface area contributed by atoms with Crippen molar-refractivity contribution < 1.29 is 35.8 Å². The number of rotatable bonds is 4. The van der Waals surface area contributed by atoms with Crippen LogP contribution in [0.5, 0.6) is 23.0 Å². The molecule has 0 unspecified atom stereocenters. The van der Waals surface area contributed by atoms with Gasteiger partial charge in [0.05, 0.1) is 39.2 Å². The molecule has 0 spiro atoms. The highest BCUT2D eigenvalue weighted by Gasteiger charge is 2.17. The summed E-state index contributed by atoms with van der Waals surface area (Å²) in [7, 11) is 6.59. The van der Waals surface area contributed by atoms with Crippen LogP contribution >= 0.6 is 0 Å². The molecule has 0 amide bonds. The van der Waals surface area contributed by atoms with E-state index >= 15 is 0 Å². The summed E-state index contributed by atoms with van der Waals surface area (Å²) in [5.41, 5.74) is 1.07. The van der Waals surface area contributed by atoms with Crippen LogP contribution in [0.1, 0.15) is 0 Å². The number of fused-ring (bicyclic) bond motifs is 4. The fraction of sp³-hybridized carbons (Fsp3) is 0.190. The van der Waals surface area contributed by atoms with E-state index in [-0.39, 0.29) is 12.4 Å². The lowest BCUT2D eigenvalue weighted by Gasteiger charge is -2.11. The first kappa shape index (κ1) is 18.9. The smallest absolute Gasteiger partial charge is 0.219 e. The lowest BCUT2D eigenvalue weighted by Crippen LogP contribution is -3.00. The Labute approximate surface area is 163 Å². The summed E-state index contributed by atoms with van der Waals surface area (Å²) in [6.45, 7) is 0. The largest absolute Gasteiger partial charge is 1.00 e. The second-order valence-electron chi connectivity index (χ2n) is 5.98. The Kier molecular flexibility index (Phi) is 5.15. The monoisotopic (exact) mass is 385 g/mol. The number of hydrogen-bond acceptors (Lipinski definition) is 4. The van der Waals surface area contributed by atoms with Gasteiger partial charge in [-0.3, -0.25) is 0 Å². The maximum Gasteiger partial charge on any atom is 0.219 e. The van der Waals surface area contributed by atoms with Crippen LogP contribution in [0, 0.1) is 0 Å². The van der Waals surface area contributed by atoms with Crippen molar-refractivity contribution in [2.45, 2.75) is 0 Å². The third kappa shape index (κ3) is 2.94. The Morgan fingerprint density at radius 1 is 0.667 bits per heavy atom. The van der Waals surface area contributed by atoms with Crippen LogP contribution in [0.25, 0.3) is 27.1 Å². The van der Waals surface area contributed by atoms with Gasteiger partial charge in [0.25, 0.3) is 0 Å². The molecule has 6 heteroatoms. The summed E-state index contributed by atoms with van der Waals surface area (Å²) >= 11 is 0. The zero-order valence-electron chi connectivity index (χ0n) is 15.6. The molecule has 0 N–H and O–H groups in total. The zero-order valence-corrected chi connectivity index (χ0v) is 16.3. The van der Waals surface area contributed by atoms with Crippen molar-refractivity contribution in [3.05, 3.63) is 48.8 Å². The first-order valence-electron chi connectivity index (χ1n) is 8.24. The molecular weight excluding hydrogens is 366 g/mol. The summed E-state index contributed by atoms with van der Waals surface area (Å²) in [5, 5.41) is 4.23. The number of pyridine rings is 2. The average molecular weight is 386 g/mol. The number of aromatic nitrogens is 1. The third-order valence-electron chi connectivity index (χ3n) is 4.70. The van der Waals surface area contributed by atoms with Crippen LogP contribution in [-0.2, 0) is 0 Å². The minimum Gasteiger partial charge on any atom is -1.00 e. The van der Waals surface area contributed by atoms with E-state index in [1.165, 1.54) is 0 Å². The number of benzene rings is 2. The fourth-order valence-electron chi connectivity index (χ4n) is 3.41. The number of methoxy groups -OCH3 is 4. The number of ether oxygens (including phenoxy) is 4. The van der Waals surface area contributed by atoms with Crippen LogP contribution in [0.2, 0.25) is 0 Å². The predicted octanol–water partition coefficient (Wildman–Crippen LogP) is 0.770. The van der Waals surface area contributed by atoms with Crippen LogP contribution < -0.4 is 35.8 Å². The maximum absolute atomic E-state index is 5.58. The molecule has 0 fully saturated rings. The van der Waals surface area contributed by atoms with Gasteiger partial charge >= 0.3 is 0 Å². The summed E-state index contributed by atoms with van der Waals surface area (Å²) in [5.74, 6) is 2.87. The highest BCUT2D eigenvalue weighted by molar-refractivity contribution is 6.00. The Bertz CT molecular complexity index is 1140. The quantitative estimate of drug-likeness (QED) is 0.295. The standard InChI is InChI=1S/C21H20NO4.ClH/c1-23-18-6-5-13-9-17-15-11-20(25-3)19(24-2)10-14(15)7-8-22(17)12-16(13)21(18)26-4;/h5-12H,1-4H3;1H/q+1;/p-1. The first-order chi connectivity index (χ1) is 12.7. The van der Waals surface area contributed by atoms with E-state index < -0.39 is 0 Å². The van der Waals surface area contributed by atoms with Gasteiger partial charge in [0.15, 0.2) is 35.4 Å². The molecular formula is C21H20ClNO4. The van der Waals surface area contributed by atoms with E-state index in [1.54, 1.807) is 28.4 Å². The molecule has 2 aromatic carbocycles. The van der Waals surface area contributed by atoms with E-state index in [1.807, 2.05) is 30.5 Å². The Morgan fingerprint density at radius 3 is 2.00 bits per heavy atom. The van der Waals surface area contributed by atoms with E-state index in [0.29, 0.717) is 11.5 Å². The highest BCUT2D eigenvalue weighted by Crippen LogP contribution is 2.37. The molecule has 0 aliphatic heterocycles. The molecule has 140 valence electrons. The molecule has 0 saturated heterocycles. The van der Waals surface area contributed by atoms with E-state index in [4.69, 9.17) is 18.9 Å². The number of hydrogen-bond donors (Lipinski definition) is 0. The molecule has 0 aliphatic rings. The van der Waals surface area contributed by atoms with Crippen LogP contribution in [0.4, 0.5) is 0 Å². The topological polar surface area (TPSA) is 41.0 Å². The molecule has 2 heterocycles. The summed E-state index contributed by atoms with van der Waals surface area (Å²) in [6.07, 6.45) is 4.09. The van der Waals surface area contributed by atoms with E-state index in [2.05, 4.69) is 22.7 Å². The van der Waals surface area contributed by atoms with Gasteiger partial charge < -0.3 is 31.4 Å². The average Bonchev–Trinajstić information content (AvgIpc) is 2.70. The van der Waals surface area contributed by atoms with Crippen LogP contribution in [0.3, 0.4) is 0 Å². The molecule has 0 bridgehead atoms. The van der Waals surface area contributed by atoms with Gasteiger partial charge in [0.1, 0.15) is 0 Å². The molecule has 4 aromatic rings. The lowest BCUT2D eigenvalue weighted by molar-refractivity contribution is -0.509. The van der Waals surface area contributed by atoms with Gasteiger partial charge in [0.2, 0.25) is 5.52 Å². The van der Waals surface area contributed by atoms with Crippen molar-refractivity contribution in [1.29, 1.82) is 0 Å². The van der Waals surface area contributed by atoms with Gasteiger partial charge in [-0.1, -0.05) is 0 Å². The molecule has 5 nitrogen and oxygen atoms in total. The van der Waals surface area contributed by atoms with Crippen molar-refractivity contribution in [2.75, 3.05) is 28.4 Å². The van der Waals surface area contributed by atoms with E-state index in [0.717, 1.165) is 38.6 Å². The van der Waals surface area contributed by atoms with Gasteiger partial charge in [-0.25, -0.2) is 0 Å².